The normalized spacial score (nSPS) is 10.1. The maximum atomic E-state index is 13.5. The summed E-state index contributed by atoms with van der Waals surface area (Å²) in [6.07, 6.45) is 0. The molecule has 1 aromatic heterocycles. The molecule has 0 saturated heterocycles. The molecular weight excluding hydrogens is 403 g/mol. The Morgan fingerprint density at radius 1 is 1.14 bits per heavy atom. The molecule has 0 aliphatic carbocycles. The molecule has 29 heavy (non-hydrogen) atoms. The number of rotatable bonds is 10. The Morgan fingerprint density at radius 3 is 2.66 bits per heavy atom. The Morgan fingerprint density at radius 2 is 1.90 bits per heavy atom. The summed E-state index contributed by atoms with van der Waals surface area (Å²) in [5, 5.41) is 9.52. The third-order valence-electron chi connectivity index (χ3n) is 3.37. The van der Waals surface area contributed by atoms with E-state index >= 15 is 0 Å². The number of halogens is 1. The molecule has 0 bridgehead atoms. The van der Waals surface area contributed by atoms with E-state index in [2.05, 4.69) is 25.7 Å². The Labute approximate surface area is 170 Å². The number of hydrogen-bond donors (Lipinski definition) is 3. The number of urea groups is 1. The number of thiazole rings is 1. The van der Waals surface area contributed by atoms with Gasteiger partial charge in [-0.05, 0) is 19.1 Å². The first-order chi connectivity index (χ1) is 14.0. The molecule has 2 rings (SSSR count). The lowest BCUT2D eigenvalue weighted by atomic mass is 10.3. The van der Waals surface area contributed by atoms with E-state index in [0.717, 1.165) is 0 Å². The highest BCUT2D eigenvalue weighted by Crippen LogP contribution is 2.18. The van der Waals surface area contributed by atoms with E-state index < -0.39 is 23.7 Å². The van der Waals surface area contributed by atoms with Crippen LogP contribution < -0.4 is 20.7 Å². The number of hydrogen-bond acceptors (Lipinski definition) is 7. The highest BCUT2D eigenvalue weighted by Gasteiger charge is 2.12. The van der Waals surface area contributed by atoms with Gasteiger partial charge in [-0.25, -0.2) is 14.2 Å². The van der Waals surface area contributed by atoms with Crippen molar-refractivity contribution in [2.24, 2.45) is 0 Å². The molecule has 0 aliphatic rings. The van der Waals surface area contributed by atoms with Gasteiger partial charge in [-0.1, -0.05) is 12.1 Å². The zero-order valence-electron chi connectivity index (χ0n) is 15.7. The second-order valence-electron chi connectivity index (χ2n) is 5.52. The number of benzene rings is 1. The van der Waals surface area contributed by atoms with Crippen LogP contribution in [0.25, 0.3) is 0 Å². The van der Waals surface area contributed by atoms with Crippen LogP contribution in [0.2, 0.25) is 0 Å². The average molecular weight is 424 g/mol. The van der Waals surface area contributed by atoms with Crippen molar-refractivity contribution in [2.75, 3.05) is 26.2 Å². The summed E-state index contributed by atoms with van der Waals surface area (Å²) in [7, 11) is 0. The maximum Gasteiger partial charge on any atom is 0.325 e. The van der Waals surface area contributed by atoms with Crippen LogP contribution in [0.4, 0.5) is 9.18 Å². The van der Waals surface area contributed by atoms with E-state index in [9.17, 15) is 18.8 Å². The molecule has 11 heteroatoms. The lowest BCUT2D eigenvalue weighted by Gasteiger charge is -2.07. The molecule has 0 aliphatic heterocycles. The average Bonchev–Trinajstić information content (AvgIpc) is 3.18. The van der Waals surface area contributed by atoms with Crippen molar-refractivity contribution >= 4 is 29.2 Å². The molecule has 1 heterocycles. The van der Waals surface area contributed by atoms with E-state index in [-0.39, 0.29) is 44.3 Å². The van der Waals surface area contributed by atoms with Gasteiger partial charge in [-0.2, -0.15) is 0 Å². The largest absolute Gasteiger partial charge is 0.483 e. The van der Waals surface area contributed by atoms with Gasteiger partial charge in [0.2, 0.25) is 0 Å². The molecule has 3 N–H and O–H groups in total. The monoisotopic (exact) mass is 424 g/mol. The first-order valence-corrected chi connectivity index (χ1v) is 9.64. The third kappa shape index (κ3) is 7.74. The van der Waals surface area contributed by atoms with Crippen LogP contribution in [-0.2, 0) is 16.1 Å². The fourth-order valence-electron chi connectivity index (χ4n) is 2.05. The summed E-state index contributed by atoms with van der Waals surface area (Å²) < 4.78 is 23.5. The Kier molecular flexibility index (Phi) is 8.83. The number of amides is 3. The zero-order valence-corrected chi connectivity index (χ0v) is 16.5. The van der Waals surface area contributed by atoms with Crippen LogP contribution in [0, 0.1) is 5.82 Å². The lowest BCUT2D eigenvalue weighted by Crippen LogP contribution is -2.42. The van der Waals surface area contributed by atoms with Gasteiger partial charge >= 0.3 is 12.0 Å². The smallest absolute Gasteiger partial charge is 0.325 e. The summed E-state index contributed by atoms with van der Waals surface area (Å²) >= 11 is 1.22. The molecular formula is C18H21FN4O5S. The Hall–Kier alpha value is -3.21. The topological polar surface area (TPSA) is 119 Å². The Balaban J connectivity index is 1.66. The number of ether oxygens (including phenoxy) is 2. The molecule has 3 amide bonds. The SMILES string of the molecule is CCOC(=O)CNC(=O)NCCNC(=O)c1csc(COc2ccccc2F)n1. The van der Waals surface area contributed by atoms with Crippen molar-refractivity contribution in [3.05, 3.63) is 46.2 Å². The van der Waals surface area contributed by atoms with E-state index in [1.165, 1.54) is 23.5 Å². The number of carbonyl (C=O) groups is 3. The highest BCUT2D eigenvalue weighted by molar-refractivity contribution is 7.09. The highest BCUT2D eigenvalue weighted by atomic mass is 32.1. The number of para-hydroxylation sites is 1. The molecule has 0 unspecified atom stereocenters. The van der Waals surface area contributed by atoms with Crippen LogP contribution >= 0.6 is 11.3 Å². The van der Waals surface area contributed by atoms with Crippen LogP contribution in [0.15, 0.2) is 29.6 Å². The molecule has 1 aromatic carbocycles. The van der Waals surface area contributed by atoms with Crippen LogP contribution in [0.3, 0.4) is 0 Å². The lowest BCUT2D eigenvalue weighted by molar-refractivity contribution is -0.141. The number of esters is 1. The zero-order chi connectivity index (χ0) is 21.1. The van der Waals surface area contributed by atoms with Crippen LogP contribution in [-0.4, -0.2) is 49.1 Å². The van der Waals surface area contributed by atoms with Gasteiger partial charge in [0.05, 0.1) is 6.61 Å². The number of carbonyl (C=O) groups excluding carboxylic acids is 3. The van der Waals surface area contributed by atoms with Crippen molar-refractivity contribution in [3.63, 3.8) is 0 Å². The van der Waals surface area contributed by atoms with Gasteiger partial charge in [0.1, 0.15) is 23.9 Å². The van der Waals surface area contributed by atoms with Crippen molar-refractivity contribution in [1.82, 2.24) is 20.9 Å². The van der Waals surface area contributed by atoms with Gasteiger partial charge in [0, 0.05) is 18.5 Å². The molecule has 9 nitrogen and oxygen atoms in total. The molecule has 0 radical (unpaired) electrons. The molecule has 156 valence electrons. The predicted octanol–water partition coefficient (Wildman–Crippen LogP) is 1.45. The minimum Gasteiger partial charge on any atom is -0.483 e. The fraction of sp³-hybridized carbons (Fsp3) is 0.333. The minimum absolute atomic E-state index is 0.0427. The van der Waals surface area contributed by atoms with Crippen molar-refractivity contribution in [1.29, 1.82) is 0 Å². The van der Waals surface area contributed by atoms with E-state index in [1.54, 1.807) is 24.4 Å². The molecule has 0 atom stereocenters. The maximum absolute atomic E-state index is 13.5. The first-order valence-electron chi connectivity index (χ1n) is 8.76. The van der Waals surface area contributed by atoms with Crippen molar-refractivity contribution < 1.29 is 28.2 Å². The van der Waals surface area contributed by atoms with Crippen molar-refractivity contribution in [3.8, 4) is 5.75 Å². The van der Waals surface area contributed by atoms with E-state index in [1.807, 2.05) is 0 Å². The molecule has 0 saturated carbocycles. The summed E-state index contributed by atoms with van der Waals surface area (Å²) in [5.41, 5.74) is 0.203. The molecule has 2 aromatic rings. The number of aromatic nitrogens is 1. The second kappa shape index (κ2) is 11.6. The quantitative estimate of drug-likeness (QED) is 0.392. The summed E-state index contributed by atoms with van der Waals surface area (Å²) in [4.78, 5) is 38.8. The Bertz CT molecular complexity index is 845. The van der Waals surface area contributed by atoms with Gasteiger partial charge in [-0.3, -0.25) is 9.59 Å². The summed E-state index contributed by atoms with van der Waals surface area (Å²) in [6.45, 7) is 2.05. The van der Waals surface area contributed by atoms with Gasteiger partial charge in [-0.15, -0.1) is 11.3 Å². The standard InChI is InChI=1S/C18H21FN4O5S/c1-2-27-16(24)9-22-18(26)21-8-7-20-17(25)13-11-29-15(23-13)10-28-14-6-4-3-5-12(14)19/h3-6,11H,2,7-10H2,1H3,(H,20,25)(H2,21,22,26). The van der Waals surface area contributed by atoms with Crippen molar-refractivity contribution in [2.45, 2.75) is 13.5 Å². The third-order valence-corrected chi connectivity index (χ3v) is 4.19. The summed E-state index contributed by atoms with van der Waals surface area (Å²) in [6, 6.07) is 5.47. The minimum atomic E-state index is -0.548. The van der Waals surface area contributed by atoms with Crippen LogP contribution in [0.5, 0.6) is 5.75 Å². The van der Waals surface area contributed by atoms with Gasteiger partial charge < -0.3 is 25.4 Å². The van der Waals surface area contributed by atoms with Gasteiger partial charge in [0.15, 0.2) is 11.6 Å². The molecule has 0 fully saturated rings. The predicted molar refractivity (Wildman–Crippen MR) is 103 cm³/mol. The second-order valence-corrected chi connectivity index (χ2v) is 6.46. The number of nitrogens with one attached hydrogen (secondary N) is 3. The first kappa shape index (κ1) is 22.1. The van der Waals surface area contributed by atoms with E-state index in [0.29, 0.717) is 5.01 Å². The van der Waals surface area contributed by atoms with Gasteiger partial charge in [0.25, 0.3) is 5.91 Å². The van der Waals surface area contributed by atoms with E-state index in [4.69, 9.17) is 4.74 Å². The van der Waals surface area contributed by atoms with Crippen LogP contribution in [0.1, 0.15) is 22.4 Å². The summed E-state index contributed by atoms with van der Waals surface area (Å²) in [5.74, 6) is -1.30. The molecule has 0 spiro atoms. The fourth-order valence-corrected chi connectivity index (χ4v) is 2.74. The number of nitrogens with zero attached hydrogens (tertiary/aromatic N) is 1.